The van der Waals surface area contributed by atoms with Gasteiger partial charge in [-0.2, -0.15) is 0 Å². The van der Waals surface area contributed by atoms with Crippen LogP contribution >= 0.6 is 0 Å². The molecular formula is C9H14O5. The van der Waals surface area contributed by atoms with Crippen LogP contribution in [0.3, 0.4) is 0 Å². The lowest BCUT2D eigenvalue weighted by atomic mass is 10.1. The molecule has 0 aromatic carbocycles. The van der Waals surface area contributed by atoms with Gasteiger partial charge in [0, 0.05) is 0 Å². The molecular weight excluding hydrogens is 188 g/mol. The van der Waals surface area contributed by atoms with E-state index in [4.69, 9.17) is 23.7 Å². The molecule has 3 aliphatic heterocycles. The molecule has 3 fully saturated rings. The first kappa shape index (κ1) is 9.06. The molecule has 4 atom stereocenters. The van der Waals surface area contributed by atoms with E-state index in [1.165, 1.54) is 0 Å². The minimum absolute atomic E-state index is 0.0458. The summed E-state index contributed by atoms with van der Waals surface area (Å²) in [4.78, 5) is 0. The Balaban J connectivity index is 1.78. The molecule has 0 amide bonds. The van der Waals surface area contributed by atoms with Gasteiger partial charge in [-0.3, -0.25) is 0 Å². The Labute approximate surface area is 82.2 Å². The SMILES string of the molecule is CC1(C)O[C@H]2O[C@@H]3COCO[C@@H]3[C@H]2O1. The monoisotopic (exact) mass is 202 g/mol. The first-order chi connectivity index (χ1) is 6.66. The van der Waals surface area contributed by atoms with Crippen molar-refractivity contribution in [3.63, 3.8) is 0 Å². The largest absolute Gasteiger partial charge is 0.353 e. The highest BCUT2D eigenvalue weighted by Gasteiger charge is 2.56. The van der Waals surface area contributed by atoms with E-state index in [1.54, 1.807) is 0 Å². The van der Waals surface area contributed by atoms with Crippen molar-refractivity contribution in [2.24, 2.45) is 0 Å². The van der Waals surface area contributed by atoms with Crippen LogP contribution in [0, 0.1) is 0 Å². The van der Waals surface area contributed by atoms with Crippen LogP contribution in [0.5, 0.6) is 0 Å². The summed E-state index contributed by atoms with van der Waals surface area (Å²) >= 11 is 0. The van der Waals surface area contributed by atoms with Gasteiger partial charge in [0.05, 0.1) is 6.61 Å². The van der Waals surface area contributed by atoms with Crippen LogP contribution in [0.1, 0.15) is 13.8 Å². The molecule has 0 saturated carbocycles. The van der Waals surface area contributed by atoms with Crippen molar-refractivity contribution in [1.82, 2.24) is 0 Å². The maximum atomic E-state index is 5.71. The second-order valence-electron chi connectivity index (χ2n) is 4.26. The second kappa shape index (κ2) is 2.90. The van der Waals surface area contributed by atoms with E-state index in [2.05, 4.69) is 0 Å². The lowest BCUT2D eigenvalue weighted by Gasteiger charge is -2.28. The van der Waals surface area contributed by atoms with E-state index < -0.39 is 5.79 Å². The van der Waals surface area contributed by atoms with E-state index in [9.17, 15) is 0 Å². The highest BCUT2D eigenvalue weighted by molar-refractivity contribution is 4.94. The van der Waals surface area contributed by atoms with Crippen molar-refractivity contribution in [3.05, 3.63) is 0 Å². The van der Waals surface area contributed by atoms with Crippen LogP contribution in [0.25, 0.3) is 0 Å². The van der Waals surface area contributed by atoms with Crippen molar-refractivity contribution in [1.29, 1.82) is 0 Å². The van der Waals surface area contributed by atoms with Crippen molar-refractivity contribution < 1.29 is 23.7 Å². The van der Waals surface area contributed by atoms with E-state index in [-0.39, 0.29) is 24.6 Å². The molecule has 80 valence electrons. The summed E-state index contributed by atoms with van der Waals surface area (Å²) in [5.74, 6) is -0.567. The average Bonchev–Trinajstić information content (AvgIpc) is 2.56. The maximum absolute atomic E-state index is 5.71. The van der Waals surface area contributed by atoms with E-state index in [0.717, 1.165) is 0 Å². The fraction of sp³-hybridized carbons (Fsp3) is 1.00. The fourth-order valence-corrected chi connectivity index (χ4v) is 2.17. The van der Waals surface area contributed by atoms with Crippen LogP contribution < -0.4 is 0 Å². The Morgan fingerprint density at radius 1 is 1.14 bits per heavy atom. The maximum Gasteiger partial charge on any atom is 0.190 e. The molecule has 0 radical (unpaired) electrons. The average molecular weight is 202 g/mol. The Bertz CT molecular complexity index is 241. The number of rotatable bonds is 0. The van der Waals surface area contributed by atoms with Gasteiger partial charge in [0.1, 0.15) is 25.1 Å². The predicted molar refractivity (Wildman–Crippen MR) is 44.4 cm³/mol. The van der Waals surface area contributed by atoms with Gasteiger partial charge in [-0.05, 0) is 13.8 Å². The molecule has 0 aliphatic carbocycles. The number of fused-ring (bicyclic) bond motifs is 3. The van der Waals surface area contributed by atoms with E-state index in [0.29, 0.717) is 13.4 Å². The Kier molecular flexibility index (Phi) is 1.87. The highest BCUT2D eigenvalue weighted by atomic mass is 16.9. The quantitative estimate of drug-likeness (QED) is 0.563. The number of ether oxygens (including phenoxy) is 5. The van der Waals surface area contributed by atoms with Crippen LogP contribution in [0.4, 0.5) is 0 Å². The van der Waals surface area contributed by atoms with Crippen molar-refractivity contribution in [2.45, 2.75) is 44.2 Å². The fourth-order valence-electron chi connectivity index (χ4n) is 2.17. The van der Waals surface area contributed by atoms with Gasteiger partial charge in [-0.1, -0.05) is 0 Å². The standard InChI is InChI=1S/C9H14O5/c1-9(2)13-7-6-5(3-10-4-11-6)12-8(7)14-9/h5-8H,3-4H2,1-2H3/t5-,6+,7-,8-/m1/s1. The van der Waals surface area contributed by atoms with Gasteiger partial charge < -0.3 is 23.7 Å². The van der Waals surface area contributed by atoms with Gasteiger partial charge in [-0.15, -0.1) is 0 Å². The molecule has 0 aromatic heterocycles. The number of hydrogen-bond donors (Lipinski definition) is 0. The second-order valence-corrected chi connectivity index (χ2v) is 4.26. The molecule has 3 saturated heterocycles. The summed E-state index contributed by atoms with van der Waals surface area (Å²) in [6.07, 6.45) is -0.508. The van der Waals surface area contributed by atoms with Crippen LogP contribution in [-0.4, -0.2) is 43.8 Å². The van der Waals surface area contributed by atoms with Crippen LogP contribution in [0.2, 0.25) is 0 Å². The van der Waals surface area contributed by atoms with Gasteiger partial charge >= 0.3 is 0 Å². The van der Waals surface area contributed by atoms with Gasteiger partial charge in [-0.25, -0.2) is 0 Å². The smallest absolute Gasteiger partial charge is 0.190 e. The summed E-state index contributed by atoms with van der Waals surface area (Å²) < 4.78 is 27.5. The molecule has 3 aliphatic rings. The van der Waals surface area contributed by atoms with Crippen molar-refractivity contribution >= 4 is 0 Å². The Hall–Kier alpha value is -0.200. The highest BCUT2D eigenvalue weighted by Crippen LogP contribution is 2.39. The summed E-state index contributed by atoms with van der Waals surface area (Å²) in [7, 11) is 0. The molecule has 3 rings (SSSR count). The molecule has 0 N–H and O–H groups in total. The summed E-state index contributed by atoms with van der Waals surface area (Å²) in [5, 5.41) is 0. The molecule has 0 spiro atoms. The predicted octanol–water partition coefficient (Wildman–Crippen LogP) is 0.236. The molecule has 0 unspecified atom stereocenters. The van der Waals surface area contributed by atoms with Crippen molar-refractivity contribution in [3.8, 4) is 0 Å². The Morgan fingerprint density at radius 2 is 2.00 bits per heavy atom. The van der Waals surface area contributed by atoms with Crippen LogP contribution in [0.15, 0.2) is 0 Å². The molecule has 3 heterocycles. The molecule has 0 aromatic rings. The van der Waals surface area contributed by atoms with Gasteiger partial charge in [0.15, 0.2) is 12.1 Å². The summed E-state index contributed by atoms with van der Waals surface area (Å²) in [5.41, 5.74) is 0. The van der Waals surface area contributed by atoms with E-state index in [1.807, 2.05) is 13.8 Å². The topological polar surface area (TPSA) is 46.2 Å². The molecule has 5 heteroatoms. The number of hydrogen-bond acceptors (Lipinski definition) is 5. The zero-order chi connectivity index (χ0) is 9.76. The molecule has 5 nitrogen and oxygen atoms in total. The third-order valence-electron chi connectivity index (χ3n) is 2.71. The molecule has 0 bridgehead atoms. The normalized spacial score (nSPS) is 50.1. The first-order valence-electron chi connectivity index (χ1n) is 4.86. The molecule has 14 heavy (non-hydrogen) atoms. The summed E-state index contributed by atoms with van der Waals surface area (Å²) in [6, 6.07) is 0. The van der Waals surface area contributed by atoms with Crippen LogP contribution in [-0.2, 0) is 23.7 Å². The minimum Gasteiger partial charge on any atom is -0.353 e. The lowest BCUT2D eigenvalue weighted by Crippen LogP contribution is -2.42. The third kappa shape index (κ3) is 1.28. The third-order valence-corrected chi connectivity index (χ3v) is 2.71. The van der Waals surface area contributed by atoms with Gasteiger partial charge in [0.2, 0.25) is 0 Å². The Morgan fingerprint density at radius 3 is 2.86 bits per heavy atom. The lowest BCUT2D eigenvalue weighted by molar-refractivity contribution is -0.253. The zero-order valence-corrected chi connectivity index (χ0v) is 8.26. The summed E-state index contributed by atoms with van der Waals surface area (Å²) in [6.45, 7) is 4.63. The van der Waals surface area contributed by atoms with Crippen molar-refractivity contribution in [2.75, 3.05) is 13.4 Å². The zero-order valence-electron chi connectivity index (χ0n) is 8.26. The first-order valence-corrected chi connectivity index (χ1v) is 4.86. The minimum atomic E-state index is -0.567. The van der Waals surface area contributed by atoms with E-state index >= 15 is 0 Å². The van der Waals surface area contributed by atoms with Gasteiger partial charge in [0.25, 0.3) is 0 Å².